The molecular formula is C24H17N5O5S. The first-order valence-electron chi connectivity index (χ1n) is 10.4. The van der Waals surface area contributed by atoms with Gasteiger partial charge in [0.15, 0.2) is 16.6 Å². The standard InChI is InChI=1S/C24H17N5O5S/c30-23(27-28-24(35)25-15-6-8-16(9-7-15)29(31)32)18-12-20(26-19-4-2-1-3-17(18)19)14-5-10-21-22(11-14)34-13-33-21/h1-12H,13H2,(H,27,30)(H2,25,28,35). The SMILES string of the molecule is O=C(NNC(=S)Nc1ccc([N+](=O)[O-])cc1)c1cc(-c2ccc3c(c2)OCO3)nc2ccccc12. The smallest absolute Gasteiger partial charge is 0.270 e. The number of aromatic nitrogens is 1. The lowest BCUT2D eigenvalue weighted by molar-refractivity contribution is -0.384. The molecule has 0 bridgehead atoms. The summed E-state index contributed by atoms with van der Waals surface area (Å²) in [5.41, 5.74) is 8.16. The number of rotatable bonds is 4. The molecule has 5 rings (SSSR count). The summed E-state index contributed by atoms with van der Waals surface area (Å²) in [6, 6.07) is 20.2. The Morgan fingerprint density at radius 2 is 1.74 bits per heavy atom. The molecule has 0 saturated heterocycles. The average molecular weight is 487 g/mol. The summed E-state index contributed by atoms with van der Waals surface area (Å²) in [4.78, 5) is 28.1. The molecule has 35 heavy (non-hydrogen) atoms. The van der Waals surface area contributed by atoms with Crippen LogP contribution >= 0.6 is 12.2 Å². The number of thiocarbonyl (C=S) groups is 1. The van der Waals surface area contributed by atoms with Gasteiger partial charge in [-0.05, 0) is 54.7 Å². The number of benzene rings is 3. The lowest BCUT2D eigenvalue weighted by atomic mass is 10.0. The lowest BCUT2D eigenvalue weighted by Gasteiger charge is -2.13. The van der Waals surface area contributed by atoms with E-state index in [1.54, 1.807) is 12.1 Å². The van der Waals surface area contributed by atoms with Crippen molar-refractivity contribution in [3.05, 3.63) is 88.5 Å². The van der Waals surface area contributed by atoms with E-state index in [2.05, 4.69) is 16.2 Å². The Kier molecular flexibility index (Phi) is 5.81. The minimum Gasteiger partial charge on any atom is -0.454 e. The molecule has 1 aliphatic rings. The average Bonchev–Trinajstić information content (AvgIpc) is 3.35. The minimum atomic E-state index is -0.489. The van der Waals surface area contributed by atoms with Gasteiger partial charge in [-0.25, -0.2) is 4.98 Å². The van der Waals surface area contributed by atoms with Gasteiger partial charge in [0.2, 0.25) is 6.79 Å². The van der Waals surface area contributed by atoms with Gasteiger partial charge in [-0.2, -0.15) is 0 Å². The number of carbonyl (C=O) groups is 1. The van der Waals surface area contributed by atoms with E-state index in [4.69, 9.17) is 26.7 Å². The van der Waals surface area contributed by atoms with E-state index in [1.807, 2.05) is 36.4 Å². The van der Waals surface area contributed by atoms with Crippen LogP contribution in [0.25, 0.3) is 22.2 Å². The Hall–Kier alpha value is -4.77. The normalized spacial score (nSPS) is 11.7. The van der Waals surface area contributed by atoms with Crippen molar-refractivity contribution in [2.45, 2.75) is 0 Å². The highest BCUT2D eigenvalue weighted by atomic mass is 32.1. The van der Waals surface area contributed by atoms with E-state index in [-0.39, 0.29) is 17.6 Å². The van der Waals surface area contributed by atoms with E-state index < -0.39 is 10.8 Å². The number of amides is 1. The van der Waals surface area contributed by atoms with E-state index in [9.17, 15) is 14.9 Å². The summed E-state index contributed by atoms with van der Waals surface area (Å²) in [6.07, 6.45) is 0. The van der Waals surface area contributed by atoms with Crippen molar-refractivity contribution >= 4 is 45.5 Å². The van der Waals surface area contributed by atoms with Crippen LogP contribution in [0.4, 0.5) is 11.4 Å². The Morgan fingerprint density at radius 3 is 2.54 bits per heavy atom. The number of hydrogen-bond donors (Lipinski definition) is 3. The first kappa shape index (κ1) is 22.0. The number of fused-ring (bicyclic) bond motifs is 2. The molecule has 4 aromatic rings. The van der Waals surface area contributed by atoms with Crippen molar-refractivity contribution < 1.29 is 19.2 Å². The van der Waals surface area contributed by atoms with E-state index in [1.165, 1.54) is 24.3 Å². The van der Waals surface area contributed by atoms with Gasteiger partial charge in [-0.15, -0.1) is 0 Å². The highest BCUT2D eigenvalue weighted by Gasteiger charge is 2.18. The number of pyridine rings is 1. The van der Waals surface area contributed by atoms with Gasteiger partial charge in [-0.3, -0.25) is 25.8 Å². The van der Waals surface area contributed by atoms with Crippen LogP contribution < -0.4 is 25.6 Å². The van der Waals surface area contributed by atoms with Crippen LogP contribution in [-0.2, 0) is 0 Å². The van der Waals surface area contributed by atoms with E-state index in [0.29, 0.717) is 39.3 Å². The summed E-state index contributed by atoms with van der Waals surface area (Å²) in [5, 5.41) is 14.4. The fourth-order valence-electron chi connectivity index (χ4n) is 3.58. The summed E-state index contributed by atoms with van der Waals surface area (Å²) in [6.45, 7) is 0.164. The maximum absolute atomic E-state index is 13.1. The fraction of sp³-hybridized carbons (Fsp3) is 0.0417. The second kappa shape index (κ2) is 9.23. The summed E-state index contributed by atoms with van der Waals surface area (Å²) < 4.78 is 10.8. The maximum atomic E-state index is 13.1. The number of carbonyl (C=O) groups excluding carboxylic acids is 1. The van der Waals surface area contributed by atoms with Gasteiger partial charge in [0.1, 0.15) is 0 Å². The molecule has 0 fully saturated rings. The Morgan fingerprint density at radius 1 is 0.971 bits per heavy atom. The zero-order valence-corrected chi connectivity index (χ0v) is 18.8. The Balaban J connectivity index is 1.35. The zero-order valence-electron chi connectivity index (χ0n) is 18.0. The molecule has 3 N–H and O–H groups in total. The van der Waals surface area contributed by atoms with Crippen molar-refractivity contribution in [1.29, 1.82) is 0 Å². The molecule has 1 amide bonds. The quantitative estimate of drug-likeness (QED) is 0.221. The number of hydrazine groups is 1. The molecule has 0 atom stereocenters. The molecule has 2 heterocycles. The number of ether oxygens (including phenoxy) is 2. The number of nitrogens with one attached hydrogen (secondary N) is 3. The number of non-ortho nitro benzene ring substituents is 1. The van der Waals surface area contributed by atoms with Gasteiger partial charge < -0.3 is 14.8 Å². The van der Waals surface area contributed by atoms with Crippen molar-refractivity contribution in [3.63, 3.8) is 0 Å². The highest BCUT2D eigenvalue weighted by Crippen LogP contribution is 2.36. The third kappa shape index (κ3) is 4.66. The van der Waals surface area contributed by atoms with Crippen LogP contribution in [0.5, 0.6) is 11.5 Å². The van der Waals surface area contributed by atoms with Crippen molar-refractivity contribution in [2.75, 3.05) is 12.1 Å². The van der Waals surface area contributed by atoms with Crippen molar-refractivity contribution in [2.24, 2.45) is 0 Å². The molecule has 1 aromatic heterocycles. The molecule has 10 nitrogen and oxygen atoms in total. The first-order chi connectivity index (χ1) is 17.0. The predicted octanol–water partition coefficient (Wildman–Crippen LogP) is 4.17. The lowest BCUT2D eigenvalue weighted by Crippen LogP contribution is -2.43. The van der Waals surface area contributed by atoms with Gasteiger partial charge >= 0.3 is 0 Å². The number of hydrogen-bond acceptors (Lipinski definition) is 7. The molecule has 0 unspecified atom stereocenters. The first-order valence-corrected chi connectivity index (χ1v) is 10.8. The summed E-state index contributed by atoms with van der Waals surface area (Å²) in [5.74, 6) is 0.858. The van der Waals surface area contributed by atoms with Crippen LogP contribution in [0.15, 0.2) is 72.8 Å². The Labute approximate surface area is 204 Å². The second-order valence-corrected chi connectivity index (χ2v) is 7.89. The number of nitro groups is 1. The van der Waals surface area contributed by atoms with Crippen LogP contribution in [0.3, 0.4) is 0 Å². The third-order valence-corrected chi connectivity index (χ3v) is 5.46. The zero-order chi connectivity index (χ0) is 24.4. The number of nitrogens with zero attached hydrogens (tertiary/aromatic N) is 2. The largest absolute Gasteiger partial charge is 0.454 e. The van der Waals surface area contributed by atoms with Gasteiger partial charge in [0, 0.05) is 28.8 Å². The second-order valence-electron chi connectivity index (χ2n) is 7.48. The van der Waals surface area contributed by atoms with Crippen LogP contribution in [0.2, 0.25) is 0 Å². The molecule has 11 heteroatoms. The predicted molar refractivity (Wildman–Crippen MR) is 133 cm³/mol. The van der Waals surface area contributed by atoms with E-state index >= 15 is 0 Å². The number of anilines is 1. The number of nitro benzene ring substituents is 1. The van der Waals surface area contributed by atoms with Crippen molar-refractivity contribution in [3.8, 4) is 22.8 Å². The minimum absolute atomic E-state index is 0.0365. The molecule has 0 radical (unpaired) electrons. The third-order valence-electron chi connectivity index (χ3n) is 5.25. The summed E-state index contributed by atoms with van der Waals surface area (Å²) in [7, 11) is 0. The maximum Gasteiger partial charge on any atom is 0.270 e. The monoisotopic (exact) mass is 487 g/mol. The van der Waals surface area contributed by atoms with Crippen LogP contribution in [0, 0.1) is 10.1 Å². The topological polar surface area (TPSA) is 128 Å². The van der Waals surface area contributed by atoms with Crippen molar-refractivity contribution in [1.82, 2.24) is 15.8 Å². The summed E-state index contributed by atoms with van der Waals surface area (Å²) >= 11 is 5.22. The van der Waals surface area contributed by atoms with Gasteiger partial charge in [0.05, 0.1) is 21.7 Å². The van der Waals surface area contributed by atoms with E-state index in [0.717, 1.165) is 5.56 Å². The molecule has 1 aliphatic heterocycles. The molecule has 174 valence electrons. The van der Waals surface area contributed by atoms with Crippen LogP contribution in [0.1, 0.15) is 10.4 Å². The number of para-hydroxylation sites is 1. The van der Waals surface area contributed by atoms with Gasteiger partial charge in [-0.1, -0.05) is 18.2 Å². The molecular weight excluding hydrogens is 470 g/mol. The highest BCUT2D eigenvalue weighted by molar-refractivity contribution is 7.80. The molecule has 0 saturated carbocycles. The van der Waals surface area contributed by atoms with Crippen LogP contribution in [-0.4, -0.2) is 27.7 Å². The molecule has 0 spiro atoms. The molecule has 3 aromatic carbocycles. The Bertz CT molecular complexity index is 1480. The molecule has 0 aliphatic carbocycles. The van der Waals surface area contributed by atoms with Gasteiger partial charge in [0.25, 0.3) is 11.6 Å². The fourth-order valence-corrected chi connectivity index (χ4v) is 3.75.